The zero-order valence-electron chi connectivity index (χ0n) is 24.8. The largest absolute Gasteiger partial charge is 0.0578 e. The lowest BCUT2D eigenvalue weighted by atomic mass is 9.83. The van der Waals surface area contributed by atoms with E-state index in [1.807, 2.05) is 0 Å². The number of halogens is 2. The van der Waals surface area contributed by atoms with Gasteiger partial charge in [0.1, 0.15) is 0 Å². The molecule has 2 heteroatoms. The van der Waals surface area contributed by atoms with Crippen LogP contribution in [0.15, 0.2) is 84.9 Å². The Balaban J connectivity index is 1.48. The van der Waals surface area contributed by atoms with E-state index in [-0.39, 0.29) is 10.8 Å². The average molecular weight is 767 g/mol. The molecular weight excluding hydrogens is 734 g/mol. The summed E-state index contributed by atoms with van der Waals surface area (Å²) in [7, 11) is 0. The summed E-state index contributed by atoms with van der Waals surface area (Å²) in [5.74, 6) is 0. The summed E-state index contributed by atoms with van der Waals surface area (Å²) in [6.07, 6.45) is 0. The predicted octanol–water partition coefficient (Wildman–Crippen LogP) is 13.0. The molecule has 0 atom stereocenters. The minimum atomic E-state index is 0.125. The van der Waals surface area contributed by atoms with Crippen LogP contribution in [-0.4, -0.2) is 0 Å². The van der Waals surface area contributed by atoms with Gasteiger partial charge < -0.3 is 0 Å². The fraction of sp³-hybridized carbons (Fsp3) is 0.200. The lowest BCUT2D eigenvalue weighted by Gasteiger charge is -2.21. The Morgan fingerprint density at radius 2 is 0.714 bits per heavy atom. The van der Waals surface area contributed by atoms with Crippen molar-refractivity contribution in [1.82, 2.24) is 0 Å². The van der Waals surface area contributed by atoms with Gasteiger partial charge in [0, 0.05) is 7.14 Å². The minimum absolute atomic E-state index is 0.125. The third-order valence-electron chi connectivity index (χ3n) is 9.39. The van der Waals surface area contributed by atoms with E-state index in [9.17, 15) is 0 Å². The Hall–Kier alpha value is -2.70. The summed E-state index contributed by atoms with van der Waals surface area (Å²) in [5, 5.41) is 18.9. The fourth-order valence-corrected chi connectivity index (χ4v) is 8.56. The second-order valence-corrected chi connectivity index (χ2v) is 16.4. The van der Waals surface area contributed by atoms with Crippen LogP contribution >= 0.6 is 45.2 Å². The first kappa shape index (κ1) is 26.9. The average Bonchev–Trinajstić information content (AvgIpc) is 2.95. The van der Waals surface area contributed by atoms with Crippen molar-refractivity contribution < 1.29 is 0 Å². The summed E-state index contributed by atoms with van der Waals surface area (Å²) in [4.78, 5) is 0. The summed E-state index contributed by atoms with van der Waals surface area (Å²) in [5.41, 5.74) is 3.02. The summed E-state index contributed by atoms with van der Waals surface area (Å²) in [6.45, 7) is 13.8. The van der Waals surface area contributed by atoms with Crippen LogP contribution in [0, 0.1) is 7.14 Å². The van der Waals surface area contributed by atoms with Crippen LogP contribution in [0.4, 0.5) is 0 Å². The van der Waals surface area contributed by atoms with E-state index in [1.165, 1.54) is 93.7 Å². The van der Waals surface area contributed by atoms with Crippen molar-refractivity contribution in [2.24, 2.45) is 0 Å². The van der Waals surface area contributed by atoms with E-state index in [2.05, 4.69) is 172 Å². The molecule has 0 heterocycles. The van der Waals surface area contributed by atoms with Crippen LogP contribution in [0.5, 0.6) is 0 Å². The molecule has 0 spiro atoms. The SMILES string of the molecule is CC(C)(C)c1ccc2c(c1)c(I)cc1c2cc2ccc3cc4c5ccc(C(C)(C)C)cc5c(I)cc4c4ccc1c2c34. The molecule has 42 heavy (non-hydrogen) atoms. The number of benzene rings is 8. The molecule has 0 radical (unpaired) electrons. The number of hydrogen-bond acceptors (Lipinski definition) is 0. The molecule has 0 saturated carbocycles. The van der Waals surface area contributed by atoms with E-state index in [1.54, 1.807) is 0 Å². The standard InChI is InChI=1S/C40H32I2/c1-39(2,3)23-9-11-25-29-15-21-7-8-22-16-30-26-12-10-24(40(4,5)6)18-34(26)36(42)20-32(30)28-14-13-27(37(21)38(22)28)31(29)19-35(41)33(25)17-23/h7-20H,1-6H3. The quantitative estimate of drug-likeness (QED) is 0.0819. The molecule has 0 fully saturated rings. The zero-order valence-corrected chi connectivity index (χ0v) is 29.2. The fourth-order valence-electron chi connectivity index (χ4n) is 7.05. The Bertz CT molecular complexity index is 2260. The van der Waals surface area contributed by atoms with Gasteiger partial charge in [0.25, 0.3) is 0 Å². The van der Waals surface area contributed by atoms with Crippen molar-refractivity contribution >= 4 is 121 Å². The summed E-state index contributed by atoms with van der Waals surface area (Å²) in [6, 6.07) is 33.3. The van der Waals surface area contributed by atoms with Crippen LogP contribution < -0.4 is 0 Å². The van der Waals surface area contributed by atoms with Gasteiger partial charge >= 0.3 is 0 Å². The first-order valence-electron chi connectivity index (χ1n) is 14.7. The number of hydrogen-bond donors (Lipinski definition) is 0. The Kier molecular flexibility index (Phi) is 5.71. The lowest BCUT2D eigenvalue weighted by Crippen LogP contribution is -2.10. The molecule has 0 nitrogen and oxygen atoms in total. The second kappa shape index (κ2) is 8.92. The molecule has 8 rings (SSSR count). The molecule has 0 aliphatic rings. The summed E-state index contributed by atoms with van der Waals surface area (Å²) < 4.78 is 2.63. The molecule has 0 bridgehead atoms. The molecule has 0 unspecified atom stereocenters. The van der Waals surface area contributed by atoms with Gasteiger partial charge in [-0.2, -0.15) is 0 Å². The van der Waals surface area contributed by atoms with E-state index >= 15 is 0 Å². The normalized spacial score (nSPS) is 13.2. The third kappa shape index (κ3) is 3.83. The molecule has 206 valence electrons. The molecule has 8 aromatic rings. The van der Waals surface area contributed by atoms with E-state index < -0.39 is 0 Å². The second-order valence-electron chi connectivity index (χ2n) is 14.1. The number of rotatable bonds is 0. The van der Waals surface area contributed by atoms with Crippen molar-refractivity contribution in [3.8, 4) is 0 Å². The maximum atomic E-state index is 2.55. The molecule has 0 aliphatic heterocycles. The van der Waals surface area contributed by atoms with E-state index in [0.717, 1.165) is 0 Å². The summed E-state index contributed by atoms with van der Waals surface area (Å²) >= 11 is 5.09. The monoisotopic (exact) mass is 766 g/mol. The molecule has 0 N–H and O–H groups in total. The maximum Gasteiger partial charge on any atom is 0.0215 e. The van der Waals surface area contributed by atoms with Gasteiger partial charge in [-0.25, -0.2) is 0 Å². The van der Waals surface area contributed by atoms with Gasteiger partial charge in [-0.3, -0.25) is 0 Å². The number of fused-ring (bicyclic) bond motifs is 8. The van der Waals surface area contributed by atoms with Crippen LogP contribution in [0.25, 0.3) is 75.4 Å². The lowest BCUT2D eigenvalue weighted by molar-refractivity contribution is 0.591. The third-order valence-corrected chi connectivity index (χ3v) is 11.2. The van der Waals surface area contributed by atoms with Crippen molar-refractivity contribution in [3.05, 3.63) is 103 Å². The highest BCUT2D eigenvalue weighted by molar-refractivity contribution is 14.1. The topological polar surface area (TPSA) is 0 Å². The highest BCUT2D eigenvalue weighted by Crippen LogP contribution is 2.45. The maximum absolute atomic E-state index is 2.55. The smallest absolute Gasteiger partial charge is 0.0215 e. The van der Waals surface area contributed by atoms with Gasteiger partial charge in [0.15, 0.2) is 0 Å². The van der Waals surface area contributed by atoms with Crippen LogP contribution in [-0.2, 0) is 10.8 Å². The van der Waals surface area contributed by atoms with Gasteiger partial charge in [-0.15, -0.1) is 0 Å². The highest BCUT2D eigenvalue weighted by Gasteiger charge is 2.20. The van der Waals surface area contributed by atoms with Gasteiger partial charge in [0.05, 0.1) is 0 Å². The molecule has 0 aliphatic carbocycles. The minimum Gasteiger partial charge on any atom is -0.0578 e. The highest BCUT2D eigenvalue weighted by atomic mass is 127. The van der Waals surface area contributed by atoms with Gasteiger partial charge in [0.2, 0.25) is 0 Å². The van der Waals surface area contributed by atoms with Crippen molar-refractivity contribution in [2.75, 3.05) is 0 Å². The molecule has 0 aromatic heterocycles. The molecule has 0 saturated heterocycles. The van der Waals surface area contributed by atoms with Crippen LogP contribution in [0.2, 0.25) is 0 Å². The first-order valence-corrected chi connectivity index (χ1v) is 16.9. The Labute approximate surface area is 274 Å². The van der Waals surface area contributed by atoms with Crippen molar-refractivity contribution in [3.63, 3.8) is 0 Å². The van der Waals surface area contributed by atoms with E-state index in [0.29, 0.717) is 0 Å². The van der Waals surface area contributed by atoms with Crippen molar-refractivity contribution in [2.45, 2.75) is 52.4 Å². The molecular formula is C40H32I2. The van der Waals surface area contributed by atoms with Crippen molar-refractivity contribution in [1.29, 1.82) is 0 Å². The zero-order chi connectivity index (χ0) is 29.3. The van der Waals surface area contributed by atoms with Crippen LogP contribution in [0.3, 0.4) is 0 Å². The van der Waals surface area contributed by atoms with Gasteiger partial charge in [-0.05, 0) is 179 Å². The van der Waals surface area contributed by atoms with E-state index in [4.69, 9.17) is 0 Å². The van der Waals surface area contributed by atoms with Crippen LogP contribution in [0.1, 0.15) is 52.7 Å². The first-order chi connectivity index (χ1) is 19.9. The molecule has 0 amide bonds. The Morgan fingerprint density at radius 3 is 1.10 bits per heavy atom. The van der Waals surface area contributed by atoms with Gasteiger partial charge in [-0.1, -0.05) is 90.1 Å². The molecule has 8 aromatic carbocycles. The Morgan fingerprint density at radius 1 is 0.357 bits per heavy atom. The predicted molar refractivity (Wildman–Crippen MR) is 203 cm³/mol.